The average molecular weight is 564 g/mol. The van der Waals surface area contributed by atoms with Gasteiger partial charge in [-0.3, -0.25) is 4.79 Å². The number of nitrogens with zero attached hydrogens (tertiary/aromatic N) is 3. The fraction of sp³-hybridized carbons (Fsp3) is 0.452. The average Bonchev–Trinajstić information content (AvgIpc) is 3.32. The molecule has 0 saturated carbocycles. The Labute approximate surface area is 238 Å². The standard InChI is InChI=1S/C31H41N5O3S/c1-34(2)27-11-13-28(14-12-27)40(38,39)36-21-16-24(17-22-36)25-15-18-32-33-29-10-6-5-9-26(23-25)30(29)31(37)35-19-7-3-4-8-20-35/h5-6,9-15,23-24,32-33H,3-4,7-8,16-22H2,1-2H3/b25-15-,26-23+. The SMILES string of the molecule is CN(C)c1ccc(S(=O)(=O)N2CCC(C3=C\CNNC4=C(C(=O)N5CCCCCC5)\C(=C\3)C=CC=C4)CC2)cc1. The molecule has 0 radical (unpaired) electrons. The maximum atomic E-state index is 13.9. The zero-order chi connectivity index (χ0) is 28.1. The van der Waals surface area contributed by atoms with Crippen LogP contribution in [0.3, 0.4) is 0 Å². The van der Waals surface area contributed by atoms with E-state index in [0.29, 0.717) is 30.1 Å². The number of sulfonamides is 1. The van der Waals surface area contributed by atoms with Gasteiger partial charge >= 0.3 is 0 Å². The summed E-state index contributed by atoms with van der Waals surface area (Å²) in [6.45, 7) is 3.11. The second kappa shape index (κ2) is 12.6. The minimum Gasteiger partial charge on any atom is -0.378 e. The summed E-state index contributed by atoms with van der Waals surface area (Å²) < 4.78 is 28.4. The lowest BCUT2D eigenvalue weighted by Crippen LogP contribution is -2.38. The van der Waals surface area contributed by atoms with Gasteiger partial charge in [-0.15, -0.1) is 0 Å². The van der Waals surface area contributed by atoms with Gasteiger partial charge in [-0.2, -0.15) is 4.31 Å². The van der Waals surface area contributed by atoms with Crippen molar-refractivity contribution in [1.82, 2.24) is 20.1 Å². The predicted molar refractivity (Wildman–Crippen MR) is 160 cm³/mol. The minimum atomic E-state index is -3.55. The Morgan fingerprint density at radius 1 is 0.925 bits per heavy atom. The summed E-state index contributed by atoms with van der Waals surface area (Å²) in [6, 6.07) is 7.08. The van der Waals surface area contributed by atoms with Gasteiger partial charge in [-0.05, 0) is 73.1 Å². The number of allylic oxidation sites excluding steroid dienone is 6. The van der Waals surface area contributed by atoms with Gasteiger partial charge in [0, 0.05) is 52.5 Å². The van der Waals surface area contributed by atoms with Crippen molar-refractivity contribution in [3.05, 3.63) is 83.1 Å². The van der Waals surface area contributed by atoms with Crippen LogP contribution in [0.5, 0.6) is 0 Å². The van der Waals surface area contributed by atoms with E-state index < -0.39 is 10.0 Å². The van der Waals surface area contributed by atoms with E-state index in [4.69, 9.17) is 0 Å². The van der Waals surface area contributed by atoms with Crippen LogP contribution in [0.2, 0.25) is 0 Å². The number of hydrazine groups is 1. The highest BCUT2D eigenvalue weighted by Crippen LogP contribution is 2.32. The maximum Gasteiger partial charge on any atom is 0.256 e. The summed E-state index contributed by atoms with van der Waals surface area (Å²) >= 11 is 0. The van der Waals surface area contributed by atoms with Crippen LogP contribution in [0.25, 0.3) is 0 Å². The molecule has 0 unspecified atom stereocenters. The summed E-state index contributed by atoms with van der Waals surface area (Å²) in [5.41, 5.74) is 11.0. The Kier molecular flexibility index (Phi) is 8.93. The fourth-order valence-electron chi connectivity index (χ4n) is 5.86. The molecular weight excluding hydrogens is 522 g/mol. The number of likely N-dealkylation sites (tertiary alicyclic amines) is 1. The molecule has 1 aromatic rings. The molecule has 0 atom stereocenters. The molecular formula is C31H41N5O3S. The molecule has 4 aliphatic rings. The highest BCUT2D eigenvalue weighted by Gasteiger charge is 2.31. The summed E-state index contributed by atoms with van der Waals surface area (Å²) in [6.07, 6.45) is 18.1. The number of anilines is 1. The molecule has 3 aliphatic heterocycles. The van der Waals surface area contributed by atoms with Crippen molar-refractivity contribution in [3.63, 3.8) is 0 Å². The number of amides is 1. The Balaban J connectivity index is 1.35. The molecule has 5 rings (SSSR count). The van der Waals surface area contributed by atoms with E-state index in [1.165, 1.54) is 12.8 Å². The molecule has 214 valence electrons. The molecule has 2 N–H and O–H groups in total. The third-order valence-electron chi connectivity index (χ3n) is 8.22. The molecule has 2 bridgehead atoms. The van der Waals surface area contributed by atoms with Crippen LogP contribution in [0.1, 0.15) is 38.5 Å². The molecule has 1 amide bonds. The molecule has 0 aromatic heterocycles. The van der Waals surface area contributed by atoms with E-state index in [1.54, 1.807) is 16.4 Å². The van der Waals surface area contributed by atoms with E-state index in [0.717, 1.165) is 61.3 Å². The lowest BCUT2D eigenvalue weighted by atomic mass is 9.87. The van der Waals surface area contributed by atoms with Crippen molar-refractivity contribution >= 4 is 21.6 Å². The molecule has 9 heteroatoms. The third kappa shape index (κ3) is 6.27. The van der Waals surface area contributed by atoms with E-state index in [-0.39, 0.29) is 11.8 Å². The monoisotopic (exact) mass is 563 g/mol. The Morgan fingerprint density at radius 3 is 2.27 bits per heavy atom. The van der Waals surface area contributed by atoms with Crippen molar-refractivity contribution in [2.75, 3.05) is 51.7 Å². The van der Waals surface area contributed by atoms with Crippen molar-refractivity contribution in [1.29, 1.82) is 0 Å². The van der Waals surface area contributed by atoms with Crippen LogP contribution in [0.15, 0.2) is 88.0 Å². The smallest absolute Gasteiger partial charge is 0.256 e. The zero-order valence-electron chi connectivity index (χ0n) is 23.6. The number of rotatable bonds is 5. The van der Waals surface area contributed by atoms with Gasteiger partial charge in [0.15, 0.2) is 0 Å². The number of carbonyl (C=O) groups excluding carboxylic acids is 1. The van der Waals surface area contributed by atoms with Gasteiger partial charge in [0.25, 0.3) is 5.91 Å². The minimum absolute atomic E-state index is 0.0658. The molecule has 0 spiro atoms. The van der Waals surface area contributed by atoms with Crippen LogP contribution in [0.4, 0.5) is 5.69 Å². The first kappa shape index (κ1) is 28.4. The summed E-state index contributed by atoms with van der Waals surface area (Å²) in [5.74, 6) is 0.272. The van der Waals surface area contributed by atoms with Crippen molar-refractivity contribution < 1.29 is 13.2 Å². The number of hydrogen-bond donors (Lipinski definition) is 2. The molecule has 2 saturated heterocycles. The van der Waals surface area contributed by atoms with Crippen LogP contribution >= 0.6 is 0 Å². The third-order valence-corrected chi connectivity index (χ3v) is 10.1. The van der Waals surface area contributed by atoms with Crippen molar-refractivity contribution in [3.8, 4) is 0 Å². The Morgan fingerprint density at radius 2 is 1.60 bits per heavy atom. The van der Waals surface area contributed by atoms with E-state index in [2.05, 4.69) is 23.0 Å². The van der Waals surface area contributed by atoms with Crippen molar-refractivity contribution in [2.24, 2.45) is 5.92 Å². The first-order chi connectivity index (χ1) is 19.3. The highest BCUT2D eigenvalue weighted by molar-refractivity contribution is 7.89. The second-order valence-electron chi connectivity index (χ2n) is 11.1. The largest absolute Gasteiger partial charge is 0.378 e. The van der Waals surface area contributed by atoms with Gasteiger partial charge in [-0.1, -0.05) is 43.2 Å². The topological polar surface area (TPSA) is 85.0 Å². The van der Waals surface area contributed by atoms with Gasteiger partial charge in [0.2, 0.25) is 10.0 Å². The summed E-state index contributed by atoms with van der Waals surface area (Å²) in [7, 11) is 0.324. The normalized spacial score (nSPS) is 23.9. The fourth-order valence-corrected chi connectivity index (χ4v) is 7.33. The summed E-state index contributed by atoms with van der Waals surface area (Å²) in [4.78, 5) is 18.2. The molecule has 40 heavy (non-hydrogen) atoms. The first-order valence-corrected chi connectivity index (χ1v) is 15.9. The number of piperidine rings is 1. The number of nitrogens with one attached hydrogen (secondary N) is 2. The number of hydrogen-bond acceptors (Lipinski definition) is 6. The van der Waals surface area contributed by atoms with E-state index in [1.807, 2.05) is 60.3 Å². The van der Waals surface area contributed by atoms with Gasteiger partial charge in [-0.25, -0.2) is 13.8 Å². The van der Waals surface area contributed by atoms with Crippen LogP contribution in [-0.4, -0.2) is 70.3 Å². The number of carbonyl (C=O) groups is 1. The molecule has 1 aromatic carbocycles. The quantitative estimate of drug-likeness (QED) is 0.566. The molecule has 3 heterocycles. The zero-order valence-corrected chi connectivity index (χ0v) is 24.4. The highest BCUT2D eigenvalue weighted by atomic mass is 32.2. The molecule has 1 aliphatic carbocycles. The maximum absolute atomic E-state index is 13.9. The molecule has 8 nitrogen and oxygen atoms in total. The number of benzene rings is 1. The number of fused-ring (bicyclic) bond motifs is 1. The lowest BCUT2D eigenvalue weighted by molar-refractivity contribution is -0.126. The Bertz CT molecular complexity index is 1340. The van der Waals surface area contributed by atoms with Crippen LogP contribution in [0, 0.1) is 5.92 Å². The Hall–Kier alpha value is -3.14. The first-order valence-electron chi connectivity index (χ1n) is 14.4. The molecule has 2 fully saturated rings. The van der Waals surface area contributed by atoms with Crippen molar-refractivity contribution in [2.45, 2.75) is 43.4 Å². The second-order valence-corrected chi connectivity index (χ2v) is 13.0. The van der Waals surface area contributed by atoms with Crippen LogP contribution < -0.4 is 15.8 Å². The summed E-state index contributed by atoms with van der Waals surface area (Å²) in [5, 5.41) is 0. The van der Waals surface area contributed by atoms with Gasteiger partial charge < -0.3 is 15.2 Å². The van der Waals surface area contributed by atoms with E-state index in [9.17, 15) is 13.2 Å². The predicted octanol–water partition coefficient (Wildman–Crippen LogP) is 3.90. The van der Waals surface area contributed by atoms with Gasteiger partial charge in [0.05, 0.1) is 16.2 Å². The lowest BCUT2D eigenvalue weighted by Gasteiger charge is -2.32. The van der Waals surface area contributed by atoms with Crippen LogP contribution in [-0.2, 0) is 14.8 Å². The van der Waals surface area contributed by atoms with E-state index >= 15 is 0 Å². The van der Waals surface area contributed by atoms with Gasteiger partial charge in [0.1, 0.15) is 0 Å².